The van der Waals surface area contributed by atoms with Crippen LogP contribution in [0.5, 0.6) is 0 Å². The Labute approximate surface area is 122 Å². The number of pyridine rings is 2. The van der Waals surface area contributed by atoms with E-state index in [4.69, 9.17) is 0 Å². The van der Waals surface area contributed by atoms with Crippen molar-refractivity contribution in [2.75, 3.05) is 0 Å². The zero-order valence-electron chi connectivity index (χ0n) is 11.5. The van der Waals surface area contributed by atoms with Gasteiger partial charge in [0.2, 0.25) is 11.8 Å². The van der Waals surface area contributed by atoms with Crippen LogP contribution in [-0.2, 0) is 22.7 Å². The van der Waals surface area contributed by atoms with Gasteiger partial charge in [-0.15, -0.1) is 0 Å². The summed E-state index contributed by atoms with van der Waals surface area (Å²) in [4.78, 5) is 31.3. The molecule has 2 rings (SSSR count). The Hall–Kier alpha value is -2.76. The second-order valence-corrected chi connectivity index (χ2v) is 4.41. The summed E-state index contributed by atoms with van der Waals surface area (Å²) in [6.45, 7) is 0.676. The van der Waals surface area contributed by atoms with Crippen molar-refractivity contribution in [3.63, 3.8) is 0 Å². The number of hydrogen-bond donors (Lipinski definition) is 2. The van der Waals surface area contributed by atoms with E-state index >= 15 is 0 Å². The Kier molecular flexibility index (Phi) is 5.40. The van der Waals surface area contributed by atoms with E-state index in [9.17, 15) is 9.59 Å². The van der Waals surface area contributed by atoms with Crippen LogP contribution >= 0.6 is 0 Å². The van der Waals surface area contributed by atoms with E-state index in [1.807, 2.05) is 18.2 Å². The number of aromatic nitrogens is 2. The Morgan fingerprint density at radius 3 is 2.43 bits per heavy atom. The third-order valence-corrected chi connectivity index (χ3v) is 2.73. The maximum absolute atomic E-state index is 11.6. The molecular weight excluding hydrogens is 268 g/mol. The van der Waals surface area contributed by atoms with Crippen molar-refractivity contribution in [3.05, 3.63) is 60.2 Å². The van der Waals surface area contributed by atoms with Gasteiger partial charge in [-0.05, 0) is 23.8 Å². The minimum Gasteiger partial charge on any atom is -0.352 e. The third kappa shape index (κ3) is 5.40. The van der Waals surface area contributed by atoms with Crippen LogP contribution in [-0.4, -0.2) is 21.8 Å². The molecule has 2 N–H and O–H groups in total. The van der Waals surface area contributed by atoms with Crippen molar-refractivity contribution < 1.29 is 9.59 Å². The van der Waals surface area contributed by atoms with E-state index in [0.29, 0.717) is 13.1 Å². The number of nitrogens with one attached hydrogen (secondary N) is 2. The number of nitrogens with zero attached hydrogens (tertiary/aromatic N) is 2. The van der Waals surface area contributed by atoms with Crippen molar-refractivity contribution in [1.82, 2.24) is 20.6 Å². The molecule has 0 unspecified atom stereocenters. The molecule has 0 aliphatic rings. The van der Waals surface area contributed by atoms with Gasteiger partial charge in [-0.2, -0.15) is 0 Å². The van der Waals surface area contributed by atoms with E-state index < -0.39 is 0 Å². The van der Waals surface area contributed by atoms with Crippen molar-refractivity contribution >= 4 is 11.8 Å². The highest BCUT2D eigenvalue weighted by Crippen LogP contribution is 1.95. The molecule has 0 aliphatic carbocycles. The van der Waals surface area contributed by atoms with E-state index in [0.717, 1.165) is 11.3 Å². The summed E-state index contributed by atoms with van der Waals surface area (Å²) in [6, 6.07) is 9.10. The van der Waals surface area contributed by atoms with Gasteiger partial charge in [0.1, 0.15) is 6.42 Å². The van der Waals surface area contributed by atoms with Gasteiger partial charge in [0.25, 0.3) is 0 Å². The van der Waals surface area contributed by atoms with Crippen LogP contribution in [0.25, 0.3) is 0 Å². The highest BCUT2D eigenvalue weighted by molar-refractivity contribution is 5.96. The lowest BCUT2D eigenvalue weighted by Gasteiger charge is -2.06. The predicted octanol–water partition coefficient (Wildman–Crippen LogP) is 0.799. The zero-order valence-corrected chi connectivity index (χ0v) is 11.5. The number of amides is 2. The normalized spacial score (nSPS) is 9.90. The molecule has 0 radical (unpaired) electrons. The molecular formula is C15H16N4O2. The summed E-state index contributed by atoms with van der Waals surface area (Å²) < 4.78 is 0. The first-order chi connectivity index (χ1) is 10.2. The second-order valence-electron chi connectivity index (χ2n) is 4.41. The zero-order chi connectivity index (χ0) is 14.9. The van der Waals surface area contributed by atoms with Crippen LogP contribution in [0.2, 0.25) is 0 Å². The highest BCUT2D eigenvalue weighted by Gasteiger charge is 2.09. The van der Waals surface area contributed by atoms with Gasteiger partial charge in [0.15, 0.2) is 0 Å². The average Bonchev–Trinajstić information content (AvgIpc) is 2.53. The molecule has 6 heteroatoms. The fourth-order valence-electron chi connectivity index (χ4n) is 1.67. The number of carbonyl (C=O) groups is 2. The fraction of sp³-hybridized carbons (Fsp3) is 0.200. The number of carbonyl (C=O) groups excluding carboxylic acids is 2. The lowest BCUT2D eigenvalue weighted by molar-refractivity contribution is -0.129. The number of rotatable bonds is 6. The van der Waals surface area contributed by atoms with E-state index in [-0.39, 0.29) is 18.2 Å². The molecule has 2 aromatic heterocycles. The summed E-state index contributed by atoms with van der Waals surface area (Å²) >= 11 is 0. The first-order valence-corrected chi connectivity index (χ1v) is 6.56. The number of hydrogen-bond acceptors (Lipinski definition) is 4. The van der Waals surface area contributed by atoms with Crippen LogP contribution in [0.3, 0.4) is 0 Å². The summed E-state index contributed by atoms with van der Waals surface area (Å²) in [5.41, 5.74) is 1.64. The van der Waals surface area contributed by atoms with E-state index in [1.54, 1.807) is 30.7 Å². The van der Waals surface area contributed by atoms with Crippen LogP contribution in [0.15, 0.2) is 48.9 Å². The Bertz CT molecular complexity index is 534. The van der Waals surface area contributed by atoms with E-state index in [2.05, 4.69) is 20.6 Å². The quantitative estimate of drug-likeness (QED) is 0.768. The maximum atomic E-state index is 11.6. The molecule has 6 nitrogen and oxygen atoms in total. The SMILES string of the molecule is O=C(CC(=O)NCc1ccccn1)NCc1cccnc1. The summed E-state index contributed by atoms with van der Waals surface area (Å²) in [7, 11) is 0. The van der Waals surface area contributed by atoms with Crippen molar-refractivity contribution in [3.8, 4) is 0 Å². The molecule has 0 aromatic carbocycles. The largest absolute Gasteiger partial charge is 0.352 e. The minimum absolute atomic E-state index is 0.201. The summed E-state index contributed by atoms with van der Waals surface area (Å²) in [5, 5.41) is 5.33. The molecule has 0 atom stereocenters. The lowest BCUT2D eigenvalue weighted by Crippen LogP contribution is -2.31. The van der Waals surface area contributed by atoms with Gasteiger partial charge < -0.3 is 10.6 Å². The Balaban J connectivity index is 1.69. The van der Waals surface area contributed by atoms with Crippen molar-refractivity contribution in [1.29, 1.82) is 0 Å². The first kappa shape index (κ1) is 14.6. The standard InChI is InChI=1S/C15H16N4O2/c20-14(18-10-12-4-3-6-16-9-12)8-15(21)19-11-13-5-1-2-7-17-13/h1-7,9H,8,10-11H2,(H,18,20)(H,19,21). The molecule has 0 bridgehead atoms. The third-order valence-electron chi connectivity index (χ3n) is 2.73. The fourth-order valence-corrected chi connectivity index (χ4v) is 1.67. The molecule has 0 saturated heterocycles. The molecule has 2 aromatic rings. The van der Waals surface area contributed by atoms with Crippen molar-refractivity contribution in [2.24, 2.45) is 0 Å². The van der Waals surface area contributed by atoms with Gasteiger partial charge in [-0.3, -0.25) is 19.6 Å². The van der Waals surface area contributed by atoms with Gasteiger partial charge in [0, 0.05) is 25.1 Å². The van der Waals surface area contributed by atoms with Crippen LogP contribution < -0.4 is 10.6 Å². The van der Waals surface area contributed by atoms with Crippen LogP contribution in [0, 0.1) is 0 Å². The van der Waals surface area contributed by atoms with Gasteiger partial charge >= 0.3 is 0 Å². The summed E-state index contributed by atoms with van der Waals surface area (Å²) in [6.07, 6.45) is 4.78. The predicted molar refractivity (Wildman–Crippen MR) is 76.8 cm³/mol. The Morgan fingerprint density at radius 1 is 0.952 bits per heavy atom. The molecule has 0 aliphatic heterocycles. The van der Waals surface area contributed by atoms with Gasteiger partial charge in [-0.25, -0.2) is 0 Å². The summed E-state index contributed by atoms with van der Waals surface area (Å²) in [5.74, 6) is -0.651. The average molecular weight is 284 g/mol. The Morgan fingerprint density at radius 2 is 1.76 bits per heavy atom. The highest BCUT2D eigenvalue weighted by atomic mass is 16.2. The molecule has 0 spiro atoms. The van der Waals surface area contributed by atoms with Crippen LogP contribution in [0.4, 0.5) is 0 Å². The lowest BCUT2D eigenvalue weighted by atomic mass is 10.3. The molecule has 108 valence electrons. The molecule has 2 heterocycles. The first-order valence-electron chi connectivity index (χ1n) is 6.56. The van der Waals surface area contributed by atoms with Gasteiger partial charge in [0.05, 0.1) is 12.2 Å². The van der Waals surface area contributed by atoms with Crippen molar-refractivity contribution in [2.45, 2.75) is 19.5 Å². The smallest absolute Gasteiger partial charge is 0.229 e. The molecule has 0 fully saturated rings. The van der Waals surface area contributed by atoms with Gasteiger partial charge in [-0.1, -0.05) is 12.1 Å². The monoisotopic (exact) mass is 284 g/mol. The topological polar surface area (TPSA) is 84.0 Å². The molecule has 2 amide bonds. The van der Waals surface area contributed by atoms with Crippen LogP contribution in [0.1, 0.15) is 17.7 Å². The molecule has 21 heavy (non-hydrogen) atoms. The maximum Gasteiger partial charge on any atom is 0.229 e. The van der Waals surface area contributed by atoms with E-state index in [1.165, 1.54) is 0 Å². The second kappa shape index (κ2) is 7.74. The minimum atomic E-state index is -0.329. The molecule has 0 saturated carbocycles.